The minimum atomic E-state index is 0.366. The van der Waals surface area contributed by atoms with Gasteiger partial charge in [0.1, 0.15) is 0 Å². The van der Waals surface area contributed by atoms with Crippen molar-refractivity contribution in [1.29, 1.82) is 0 Å². The van der Waals surface area contributed by atoms with Gasteiger partial charge in [-0.25, -0.2) is 0 Å². The van der Waals surface area contributed by atoms with Gasteiger partial charge in [-0.15, -0.1) is 0 Å². The average Bonchev–Trinajstić information content (AvgIpc) is 2.88. The van der Waals surface area contributed by atoms with Crippen LogP contribution in [0.2, 0.25) is 0 Å². The van der Waals surface area contributed by atoms with Crippen molar-refractivity contribution < 1.29 is 4.79 Å². The molecule has 1 nitrogen and oxygen atoms in total. The van der Waals surface area contributed by atoms with Gasteiger partial charge in [-0.05, 0) is 42.7 Å². The zero-order valence-corrected chi connectivity index (χ0v) is 8.88. The maximum absolute atomic E-state index is 11.6. The molecule has 0 aromatic heterocycles. The van der Waals surface area contributed by atoms with E-state index in [2.05, 4.69) is 19.1 Å². The topological polar surface area (TPSA) is 17.1 Å². The molecule has 0 aromatic rings. The van der Waals surface area contributed by atoms with Crippen LogP contribution in [0, 0.1) is 5.92 Å². The summed E-state index contributed by atoms with van der Waals surface area (Å²) in [5, 5.41) is 0. The molecule has 0 aromatic carbocycles. The third-order valence-electron chi connectivity index (χ3n) is 2.95. The summed E-state index contributed by atoms with van der Waals surface area (Å²) in [5.74, 6) is 1.16. The second-order valence-electron chi connectivity index (χ2n) is 4.45. The number of unbranched alkanes of at least 4 members (excludes halogenated alkanes) is 1. The molecule has 0 heterocycles. The Hall–Kier alpha value is -0.850. The Labute approximate surface area is 85.9 Å². The van der Waals surface area contributed by atoms with E-state index in [1.165, 1.54) is 24.8 Å². The Kier molecular flexibility index (Phi) is 2.85. The highest BCUT2D eigenvalue weighted by Gasteiger charge is 2.23. The Morgan fingerprint density at radius 1 is 1.50 bits per heavy atom. The largest absolute Gasteiger partial charge is 0.294 e. The zero-order chi connectivity index (χ0) is 9.97. The summed E-state index contributed by atoms with van der Waals surface area (Å²) < 4.78 is 0. The molecule has 1 heteroatoms. The molecule has 2 aliphatic rings. The summed E-state index contributed by atoms with van der Waals surface area (Å²) in [6.07, 6.45) is 11.1. The van der Waals surface area contributed by atoms with E-state index in [9.17, 15) is 4.79 Å². The lowest BCUT2D eigenvalue weighted by Gasteiger charge is -1.95. The molecule has 0 unspecified atom stereocenters. The molecular weight excluding hydrogens is 172 g/mol. The molecule has 1 fully saturated rings. The van der Waals surface area contributed by atoms with Gasteiger partial charge < -0.3 is 0 Å². The van der Waals surface area contributed by atoms with Gasteiger partial charge in [0.15, 0.2) is 5.78 Å². The summed E-state index contributed by atoms with van der Waals surface area (Å²) in [4.78, 5) is 11.6. The van der Waals surface area contributed by atoms with Crippen LogP contribution in [0.3, 0.4) is 0 Å². The van der Waals surface area contributed by atoms with Crippen LogP contribution in [0.25, 0.3) is 0 Å². The number of rotatable bonds is 4. The van der Waals surface area contributed by atoms with E-state index in [0.29, 0.717) is 12.2 Å². The fourth-order valence-electron chi connectivity index (χ4n) is 1.91. The summed E-state index contributed by atoms with van der Waals surface area (Å²) in [5.41, 5.74) is 2.35. The molecule has 0 amide bonds. The number of carbonyl (C=O) groups is 1. The van der Waals surface area contributed by atoms with Gasteiger partial charge in [0, 0.05) is 6.42 Å². The molecule has 14 heavy (non-hydrogen) atoms. The third-order valence-corrected chi connectivity index (χ3v) is 2.95. The number of hydrogen-bond acceptors (Lipinski definition) is 1. The number of allylic oxidation sites excluding steroid dienone is 4. The predicted molar refractivity (Wildman–Crippen MR) is 58.0 cm³/mol. The van der Waals surface area contributed by atoms with Crippen molar-refractivity contribution in [3.05, 3.63) is 23.3 Å². The monoisotopic (exact) mass is 190 g/mol. The number of Topliss-reactive ketones (excluding diaryl/α,β-unsaturated/α-hetero) is 1. The second kappa shape index (κ2) is 4.12. The zero-order valence-electron chi connectivity index (χ0n) is 8.88. The molecule has 2 aliphatic carbocycles. The van der Waals surface area contributed by atoms with E-state index in [1.54, 1.807) is 0 Å². The molecule has 0 spiro atoms. The van der Waals surface area contributed by atoms with Crippen LogP contribution < -0.4 is 0 Å². The second-order valence-corrected chi connectivity index (χ2v) is 4.45. The minimum absolute atomic E-state index is 0.366. The summed E-state index contributed by atoms with van der Waals surface area (Å²) in [6.45, 7) is 2.17. The van der Waals surface area contributed by atoms with Crippen molar-refractivity contribution in [1.82, 2.24) is 0 Å². The van der Waals surface area contributed by atoms with Crippen molar-refractivity contribution in [2.75, 3.05) is 0 Å². The lowest BCUT2D eigenvalue weighted by atomic mass is 10.1. The fourth-order valence-corrected chi connectivity index (χ4v) is 1.91. The molecule has 0 aliphatic heterocycles. The van der Waals surface area contributed by atoms with E-state index >= 15 is 0 Å². The van der Waals surface area contributed by atoms with E-state index in [1.807, 2.05) is 0 Å². The Morgan fingerprint density at radius 3 is 2.93 bits per heavy atom. The van der Waals surface area contributed by atoms with Crippen molar-refractivity contribution >= 4 is 5.78 Å². The van der Waals surface area contributed by atoms with Gasteiger partial charge in [0.2, 0.25) is 0 Å². The first kappa shape index (κ1) is 9.70. The Balaban J connectivity index is 1.97. The van der Waals surface area contributed by atoms with Crippen molar-refractivity contribution in [3.63, 3.8) is 0 Å². The first-order chi connectivity index (χ1) is 6.79. The Morgan fingerprint density at radius 2 is 2.29 bits per heavy atom. The van der Waals surface area contributed by atoms with E-state index in [-0.39, 0.29) is 0 Å². The normalized spacial score (nSPS) is 24.5. The molecule has 0 saturated heterocycles. The number of hydrogen-bond donors (Lipinski definition) is 0. The SMILES string of the molecule is CCCCC1=C/C(=C/C2CC2)CC1=O. The number of ketones is 1. The molecule has 0 radical (unpaired) electrons. The molecule has 2 rings (SSSR count). The van der Waals surface area contributed by atoms with Crippen LogP contribution in [0.5, 0.6) is 0 Å². The van der Waals surface area contributed by atoms with Crippen LogP contribution in [0.15, 0.2) is 23.3 Å². The van der Waals surface area contributed by atoms with Crippen LogP contribution in [-0.4, -0.2) is 5.78 Å². The van der Waals surface area contributed by atoms with Gasteiger partial charge in [0.25, 0.3) is 0 Å². The molecule has 0 atom stereocenters. The summed E-state index contributed by atoms with van der Waals surface area (Å²) in [6, 6.07) is 0. The van der Waals surface area contributed by atoms with E-state index < -0.39 is 0 Å². The average molecular weight is 190 g/mol. The lowest BCUT2D eigenvalue weighted by molar-refractivity contribution is -0.114. The van der Waals surface area contributed by atoms with Crippen LogP contribution in [0.1, 0.15) is 45.4 Å². The molecular formula is C13H18O. The van der Waals surface area contributed by atoms with Gasteiger partial charge in [-0.2, -0.15) is 0 Å². The molecule has 0 bridgehead atoms. The van der Waals surface area contributed by atoms with E-state index in [4.69, 9.17) is 0 Å². The van der Waals surface area contributed by atoms with Crippen LogP contribution >= 0.6 is 0 Å². The summed E-state index contributed by atoms with van der Waals surface area (Å²) >= 11 is 0. The molecule has 0 N–H and O–H groups in total. The standard InChI is InChI=1S/C13H18O/c1-2-3-4-12-8-11(9-13(12)14)7-10-5-6-10/h7-8,10H,2-6,9H2,1H3/b11-7-. The fraction of sp³-hybridized carbons (Fsp3) is 0.615. The maximum Gasteiger partial charge on any atom is 0.163 e. The quantitative estimate of drug-likeness (QED) is 0.664. The van der Waals surface area contributed by atoms with Gasteiger partial charge >= 0.3 is 0 Å². The van der Waals surface area contributed by atoms with E-state index in [0.717, 1.165) is 24.3 Å². The smallest absolute Gasteiger partial charge is 0.163 e. The predicted octanol–water partition coefficient (Wildman–Crippen LogP) is 3.41. The highest BCUT2D eigenvalue weighted by Crippen LogP contribution is 2.34. The highest BCUT2D eigenvalue weighted by atomic mass is 16.1. The van der Waals surface area contributed by atoms with Crippen LogP contribution in [0.4, 0.5) is 0 Å². The van der Waals surface area contributed by atoms with Gasteiger partial charge in [0.05, 0.1) is 0 Å². The first-order valence-electron chi connectivity index (χ1n) is 5.74. The molecule has 1 saturated carbocycles. The molecule has 76 valence electrons. The summed E-state index contributed by atoms with van der Waals surface area (Å²) in [7, 11) is 0. The number of carbonyl (C=O) groups excluding carboxylic acids is 1. The van der Waals surface area contributed by atoms with Crippen molar-refractivity contribution in [3.8, 4) is 0 Å². The van der Waals surface area contributed by atoms with Crippen LogP contribution in [-0.2, 0) is 4.79 Å². The third kappa shape index (κ3) is 2.34. The highest BCUT2D eigenvalue weighted by molar-refractivity contribution is 6.01. The first-order valence-corrected chi connectivity index (χ1v) is 5.74. The lowest BCUT2D eigenvalue weighted by Crippen LogP contribution is -1.95. The Bertz CT molecular complexity index is 292. The maximum atomic E-state index is 11.6. The van der Waals surface area contributed by atoms with Crippen molar-refractivity contribution in [2.24, 2.45) is 5.92 Å². The van der Waals surface area contributed by atoms with Gasteiger partial charge in [-0.1, -0.05) is 25.5 Å². The van der Waals surface area contributed by atoms with Gasteiger partial charge in [-0.3, -0.25) is 4.79 Å². The van der Waals surface area contributed by atoms with Crippen molar-refractivity contribution in [2.45, 2.75) is 45.4 Å². The minimum Gasteiger partial charge on any atom is -0.294 e.